The lowest BCUT2D eigenvalue weighted by atomic mass is 10.2. The predicted octanol–water partition coefficient (Wildman–Crippen LogP) is 4.13. The maximum atomic E-state index is 12.2. The second-order valence-electron chi connectivity index (χ2n) is 6.08. The number of carbonyl (C=O) groups excluding carboxylic acids is 1. The number of aromatic nitrogens is 4. The van der Waals surface area contributed by atoms with Crippen LogP contribution in [0.3, 0.4) is 0 Å². The summed E-state index contributed by atoms with van der Waals surface area (Å²) in [6.07, 6.45) is 3.31. The molecular formula is C20H20ClN5O2S. The van der Waals surface area contributed by atoms with Crippen molar-refractivity contribution in [1.82, 2.24) is 19.7 Å². The SMILES string of the molecule is C=CCn1c(COc2cccc(C)c2)nnc1SCC(=O)Nc1cccnc1Cl. The zero-order chi connectivity index (χ0) is 20.6. The monoisotopic (exact) mass is 429 g/mol. The molecule has 1 N–H and O–H groups in total. The number of anilines is 1. The molecule has 29 heavy (non-hydrogen) atoms. The van der Waals surface area contributed by atoms with E-state index >= 15 is 0 Å². The van der Waals surface area contributed by atoms with E-state index < -0.39 is 0 Å². The van der Waals surface area contributed by atoms with Crippen molar-refractivity contribution in [3.63, 3.8) is 0 Å². The summed E-state index contributed by atoms with van der Waals surface area (Å²) in [5.74, 6) is 1.36. The van der Waals surface area contributed by atoms with Crippen LogP contribution in [-0.4, -0.2) is 31.4 Å². The van der Waals surface area contributed by atoms with Gasteiger partial charge in [0.2, 0.25) is 5.91 Å². The average Bonchev–Trinajstić information content (AvgIpc) is 3.09. The molecule has 0 radical (unpaired) electrons. The number of halogens is 1. The highest BCUT2D eigenvalue weighted by molar-refractivity contribution is 7.99. The van der Waals surface area contributed by atoms with Gasteiger partial charge in [-0.3, -0.25) is 9.36 Å². The van der Waals surface area contributed by atoms with Crippen LogP contribution in [0.15, 0.2) is 60.4 Å². The third-order valence-electron chi connectivity index (χ3n) is 3.83. The normalized spacial score (nSPS) is 10.6. The number of amides is 1. The molecule has 2 heterocycles. The second-order valence-corrected chi connectivity index (χ2v) is 7.38. The largest absolute Gasteiger partial charge is 0.486 e. The molecule has 2 aromatic heterocycles. The summed E-state index contributed by atoms with van der Waals surface area (Å²) in [4.78, 5) is 16.2. The average molecular weight is 430 g/mol. The van der Waals surface area contributed by atoms with E-state index in [4.69, 9.17) is 16.3 Å². The molecule has 1 amide bonds. The van der Waals surface area contributed by atoms with Gasteiger partial charge >= 0.3 is 0 Å². The van der Waals surface area contributed by atoms with Crippen LogP contribution in [-0.2, 0) is 17.9 Å². The lowest BCUT2D eigenvalue weighted by Gasteiger charge is -2.10. The predicted molar refractivity (Wildman–Crippen MR) is 114 cm³/mol. The molecule has 0 bridgehead atoms. The minimum Gasteiger partial charge on any atom is -0.486 e. The standard InChI is InChI=1S/C20H20ClN5O2S/c1-3-10-26-17(12-28-15-7-4-6-14(2)11-15)24-25-20(26)29-13-18(27)23-16-8-5-9-22-19(16)21/h3-9,11H,1,10,12-13H2,2H3,(H,23,27). The van der Waals surface area contributed by atoms with Crippen LogP contribution < -0.4 is 10.1 Å². The Hall–Kier alpha value is -2.84. The Morgan fingerprint density at radius 3 is 2.97 bits per heavy atom. The van der Waals surface area contributed by atoms with Crippen LogP contribution in [0.1, 0.15) is 11.4 Å². The van der Waals surface area contributed by atoms with E-state index in [1.165, 1.54) is 11.8 Å². The Balaban J connectivity index is 1.62. The molecule has 0 aliphatic carbocycles. The number of pyridine rings is 1. The van der Waals surface area contributed by atoms with Crippen LogP contribution in [0.5, 0.6) is 5.75 Å². The minimum atomic E-state index is -0.212. The van der Waals surface area contributed by atoms with Crippen molar-refractivity contribution in [2.75, 3.05) is 11.1 Å². The first-order chi connectivity index (χ1) is 14.1. The highest BCUT2D eigenvalue weighted by Crippen LogP contribution is 2.21. The molecule has 0 fully saturated rings. The van der Waals surface area contributed by atoms with Crippen molar-refractivity contribution in [1.29, 1.82) is 0 Å². The van der Waals surface area contributed by atoms with Crippen LogP contribution in [0.4, 0.5) is 5.69 Å². The zero-order valence-corrected chi connectivity index (χ0v) is 17.4. The number of hydrogen-bond acceptors (Lipinski definition) is 6. The van der Waals surface area contributed by atoms with E-state index in [2.05, 4.69) is 27.1 Å². The van der Waals surface area contributed by atoms with Gasteiger partial charge < -0.3 is 10.1 Å². The lowest BCUT2D eigenvalue weighted by molar-refractivity contribution is -0.113. The molecule has 0 atom stereocenters. The van der Waals surface area contributed by atoms with Gasteiger partial charge in [-0.05, 0) is 36.8 Å². The van der Waals surface area contributed by atoms with Crippen molar-refractivity contribution in [3.05, 3.63) is 71.8 Å². The maximum absolute atomic E-state index is 12.2. The smallest absolute Gasteiger partial charge is 0.234 e. The number of rotatable bonds is 9. The molecule has 9 heteroatoms. The quantitative estimate of drug-likeness (QED) is 0.313. The molecular weight excluding hydrogens is 410 g/mol. The molecule has 0 aliphatic heterocycles. The number of ether oxygens (including phenoxy) is 1. The third kappa shape index (κ3) is 5.82. The topological polar surface area (TPSA) is 81.9 Å². The van der Waals surface area contributed by atoms with E-state index in [1.54, 1.807) is 24.4 Å². The Labute approximate surface area is 178 Å². The van der Waals surface area contributed by atoms with E-state index in [-0.39, 0.29) is 23.4 Å². The van der Waals surface area contributed by atoms with Gasteiger partial charge in [0.25, 0.3) is 0 Å². The van der Waals surface area contributed by atoms with Crippen molar-refractivity contribution in [2.24, 2.45) is 0 Å². The summed E-state index contributed by atoms with van der Waals surface area (Å²) in [6, 6.07) is 11.2. The van der Waals surface area contributed by atoms with Crippen molar-refractivity contribution < 1.29 is 9.53 Å². The van der Waals surface area contributed by atoms with Crippen LogP contribution in [0, 0.1) is 6.92 Å². The van der Waals surface area contributed by atoms with Gasteiger partial charge in [-0.1, -0.05) is 41.6 Å². The number of thioether (sulfide) groups is 1. The number of aryl methyl sites for hydroxylation is 1. The molecule has 0 aliphatic rings. The first kappa shape index (κ1) is 20.9. The molecule has 0 spiro atoms. The van der Waals surface area contributed by atoms with E-state index in [0.29, 0.717) is 23.2 Å². The highest BCUT2D eigenvalue weighted by atomic mass is 35.5. The van der Waals surface area contributed by atoms with E-state index in [0.717, 1.165) is 11.3 Å². The van der Waals surface area contributed by atoms with Gasteiger partial charge in [0.1, 0.15) is 12.4 Å². The fraction of sp³-hybridized carbons (Fsp3) is 0.200. The number of nitrogens with zero attached hydrogens (tertiary/aromatic N) is 4. The molecule has 7 nitrogen and oxygen atoms in total. The second kappa shape index (κ2) is 10.1. The van der Waals surface area contributed by atoms with Crippen molar-refractivity contribution >= 4 is 35.0 Å². The number of benzene rings is 1. The van der Waals surface area contributed by atoms with Crippen molar-refractivity contribution in [2.45, 2.75) is 25.2 Å². The third-order valence-corrected chi connectivity index (χ3v) is 5.10. The fourth-order valence-corrected chi connectivity index (χ4v) is 3.43. The Bertz CT molecular complexity index is 1010. The first-order valence-electron chi connectivity index (χ1n) is 8.82. The zero-order valence-electron chi connectivity index (χ0n) is 15.8. The number of carbonyl (C=O) groups is 1. The van der Waals surface area contributed by atoms with Gasteiger partial charge in [0.05, 0.1) is 11.4 Å². The van der Waals surface area contributed by atoms with Gasteiger partial charge in [-0.2, -0.15) is 0 Å². The molecule has 0 saturated heterocycles. The van der Waals surface area contributed by atoms with Crippen LogP contribution in [0.2, 0.25) is 5.15 Å². The first-order valence-corrected chi connectivity index (χ1v) is 10.2. The van der Waals surface area contributed by atoms with Crippen LogP contribution in [0.25, 0.3) is 0 Å². The number of nitrogens with one attached hydrogen (secondary N) is 1. The molecule has 3 rings (SSSR count). The molecule has 150 valence electrons. The van der Waals surface area contributed by atoms with Gasteiger partial charge in [-0.15, -0.1) is 16.8 Å². The van der Waals surface area contributed by atoms with Gasteiger partial charge in [-0.25, -0.2) is 4.98 Å². The summed E-state index contributed by atoms with van der Waals surface area (Å²) in [7, 11) is 0. The van der Waals surface area contributed by atoms with Crippen LogP contribution >= 0.6 is 23.4 Å². The summed E-state index contributed by atoms with van der Waals surface area (Å²) in [5.41, 5.74) is 1.59. The molecule has 3 aromatic rings. The van der Waals surface area contributed by atoms with E-state index in [1.807, 2.05) is 35.8 Å². The summed E-state index contributed by atoms with van der Waals surface area (Å²) in [6.45, 7) is 6.56. The Morgan fingerprint density at radius 1 is 1.34 bits per heavy atom. The van der Waals surface area contributed by atoms with Gasteiger partial charge in [0, 0.05) is 12.7 Å². The Kier molecular flexibility index (Phi) is 7.26. The molecule has 0 saturated carbocycles. The maximum Gasteiger partial charge on any atom is 0.234 e. The van der Waals surface area contributed by atoms with E-state index in [9.17, 15) is 4.79 Å². The summed E-state index contributed by atoms with van der Waals surface area (Å²) in [5, 5.41) is 12.0. The minimum absolute atomic E-state index is 0.152. The summed E-state index contributed by atoms with van der Waals surface area (Å²) < 4.78 is 7.70. The van der Waals surface area contributed by atoms with Gasteiger partial charge in [0.15, 0.2) is 16.1 Å². The highest BCUT2D eigenvalue weighted by Gasteiger charge is 2.15. The summed E-state index contributed by atoms with van der Waals surface area (Å²) >= 11 is 7.24. The fourth-order valence-electron chi connectivity index (χ4n) is 2.49. The lowest BCUT2D eigenvalue weighted by Crippen LogP contribution is -2.15. The van der Waals surface area contributed by atoms with Crippen molar-refractivity contribution in [3.8, 4) is 5.75 Å². The number of allylic oxidation sites excluding steroid dienone is 1. The number of hydrogen-bond donors (Lipinski definition) is 1. The Morgan fingerprint density at radius 2 is 2.21 bits per heavy atom. The molecule has 0 unspecified atom stereocenters. The molecule has 1 aromatic carbocycles.